The second kappa shape index (κ2) is 13.7. The summed E-state index contributed by atoms with van der Waals surface area (Å²) in [5.41, 5.74) is 9.71. The molecule has 1 aromatic heterocycles. The van der Waals surface area contributed by atoms with Crippen LogP contribution in [0.4, 0.5) is 11.4 Å². The van der Waals surface area contributed by atoms with Crippen LogP contribution in [0.5, 0.6) is 0 Å². The maximum absolute atomic E-state index is 12.1. The Morgan fingerprint density at radius 1 is 0.935 bits per heavy atom. The molecule has 0 atom stereocenters. The number of hydrogen-bond acceptors (Lipinski definition) is 4. The lowest BCUT2D eigenvalue weighted by atomic mass is 10.0. The summed E-state index contributed by atoms with van der Waals surface area (Å²) in [4.78, 5) is 26.2. The van der Waals surface area contributed by atoms with Crippen LogP contribution in [0.1, 0.15) is 55.8 Å². The summed E-state index contributed by atoms with van der Waals surface area (Å²) in [6.07, 6.45) is 10.8. The predicted molar refractivity (Wildman–Crippen MR) is 128 cm³/mol. The fourth-order valence-corrected chi connectivity index (χ4v) is 3.11. The van der Waals surface area contributed by atoms with Gasteiger partial charge in [0.15, 0.2) is 5.78 Å². The third kappa shape index (κ3) is 8.42. The van der Waals surface area contributed by atoms with Crippen LogP contribution in [0.25, 0.3) is 11.1 Å². The van der Waals surface area contributed by atoms with Crippen LogP contribution in [-0.4, -0.2) is 17.2 Å². The first kappa shape index (κ1) is 23.8. The zero-order chi connectivity index (χ0) is 22.3. The van der Waals surface area contributed by atoms with Crippen molar-refractivity contribution in [2.75, 3.05) is 11.1 Å². The van der Waals surface area contributed by atoms with E-state index in [2.05, 4.69) is 17.2 Å². The average molecular weight is 418 g/mol. The minimum Gasteiger partial charge on any atom is -0.397 e. The molecule has 31 heavy (non-hydrogen) atoms. The Morgan fingerprint density at radius 3 is 2.32 bits per heavy atom. The molecule has 0 unspecified atom stereocenters. The largest absolute Gasteiger partial charge is 0.397 e. The Morgan fingerprint density at radius 2 is 1.68 bits per heavy atom. The number of anilines is 2. The molecular weight excluding hydrogens is 386 g/mol. The molecule has 0 bridgehead atoms. The van der Waals surface area contributed by atoms with Gasteiger partial charge >= 0.3 is 0 Å². The maximum atomic E-state index is 12.1. The molecule has 0 aliphatic carbocycles. The molecule has 5 heteroatoms. The molecule has 2 aromatic carbocycles. The molecule has 0 spiro atoms. The maximum Gasteiger partial charge on any atom is 0.211 e. The van der Waals surface area contributed by atoms with E-state index in [0.717, 1.165) is 29.5 Å². The van der Waals surface area contributed by atoms with Crippen LogP contribution < -0.4 is 11.1 Å². The summed E-state index contributed by atoms with van der Waals surface area (Å²) >= 11 is 0. The standard InChI is InChI=1S/C19H23NO.C7H8N2O/c1-2-3-4-5-6-9-19(21)17-12-10-16(11-13-17)18-8-7-14-20-15-18;8-6-3-1-2-4-7(6)9-5-10/h7-8,10-15H,2-6,9H2,1H3;1-5H,8H2,(H,9,10). The molecule has 0 saturated carbocycles. The van der Waals surface area contributed by atoms with Gasteiger partial charge in [-0.1, -0.05) is 75.1 Å². The highest BCUT2D eigenvalue weighted by atomic mass is 16.1. The molecule has 0 saturated heterocycles. The monoisotopic (exact) mass is 417 g/mol. The third-order valence-electron chi connectivity index (χ3n) is 4.88. The highest BCUT2D eigenvalue weighted by Gasteiger charge is 2.06. The number of nitrogen functional groups attached to an aromatic ring is 1. The SMILES string of the molecule is CCCCCCCC(=O)c1ccc(-c2cccnc2)cc1.Nc1ccccc1NC=O. The number of amides is 1. The van der Waals surface area contributed by atoms with Crippen molar-refractivity contribution in [3.63, 3.8) is 0 Å². The first-order chi connectivity index (χ1) is 15.2. The molecule has 3 N–H and O–H groups in total. The van der Waals surface area contributed by atoms with Crippen molar-refractivity contribution in [2.45, 2.75) is 45.4 Å². The molecule has 5 nitrogen and oxygen atoms in total. The number of nitrogens with zero attached hydrogens (tertiary/aromatic N) is 1. The van der Waals surface area contributed by atoms with Crippen molar-refractivity contribution in [3.8, 4) is 11.1 Å². The van der Waals surface area contributed by atoms with Crippen LogP contribution >= 0.6 is 0 Å². The van der Waals surface area contributed by atoms with Gasteiger partial charge in [0.1, 0.15) is 0 Å². The van der Waals surface area contributed by atoms with E-state index in [4.69, 9.17) is 5.73 Å². The summed E-state index contributed by atoms with van der Waals surface area (Å²) in [5, 5.41) is 2.47. The summed E-state index contributed by atoms with van der Waals surface area (Å²) in [6.45, 7) is 2.20. The van der Waals surface area contributed by atoms with E-state index in [-0.39, 0.29) is 5.78 Å². The second-order valence-corrected chi connectivity index (χ2v) is 7.26. The Hall–Kier alpha value is -3.47. The lowest BCUT2D eigenvalue weighted by Gasteiger charge is -2.04. The van der Waals surface area contributed by atoms with Crippen LogP contribution in [0.3, 0.4) is 0 Å². The molecule has 0 aliphatic heterocycles. The number of ketones is 1. The van der Waals surface area contributed by atoms with Gasteiger partial charge in [0, 0.05) is 24.4 Å². The number of carbonyl (C=O) groups is 2. The fraction of sp³-hybridized carbons (Fsp3) is 0.269. The molecule has 0 aliphatic rings. The number of para-hydroxylation sites is 2. The lowest BCUT2D eigenvalue weighted by molar-refractivity contribution is -0.105. The molecule has 1 amide bonds. The van der Waals surface area contributed by atoms with Crippen LogP contribution in [0.15, 0.2) is 73.1 Å². The first-order valence-corrected chi connectivity index (χ1v) is 10.7. The van der Waals surface area contributed by atoms with Crippen LogP contribution in [-0.2, 0) is 4.79 Å². The normalized spacial score (nSPS) is 9.97. The molecule has 3 rings (SSSR count). The van der Waals surface area contributed by atoms with E-state index in [1.165, 1.54) is 19.3 Å². The number of rotatable bonds is 10. The highest BCUT2D eigenvalue weighted by Crippen LogP contribution is 2.19. The molecule has 0 radical (unpaired) electrons. The van der Waals surface area contributed by atoms with Crippen molar-refractivity contribution in [3.05, 3.63) is 78.6 Å². The van der Waals surface area contributed by atoms with Gasteiger partial charge < -0.3 is 11.1 Å². The van der Waals surface area contributed by atoms with Crippen molar-refractivity contribution in [1.29, 1.82) is 0 Å². The van der Waals surface area contributed by atoms with Crippen LogP contribution in [0.2, 0.25) is 0 Å². The predicted octanol–water partition coefficient (Wildman–Crippen LogP) is 6.13. The summed E-state index contributed by atoms with van der Waals surface area (Å²) < 4.78 is 0. The number of nitrogens with one attached hydrogen (secondary N) is 1. The van der Waals surface area contributed by atoms with Crippen LogP contribution in [0, 0.1) is 0 Å². The van der Waals surface area contributed by atoms with E-state index in [1.807, 2.05) is 54.7 Å². The van der Waals surface area contributed by atoms with E-state index in [9.17, 15) is 9.59 Å². The number of Topliss-reactive ketones (excluding diaryl/α,β-unsaturated/α-hetero) is 1. The molecular formula is C26H31N3O2. The molecule has 162 valence electrons. The number of nitrogens with two attached hydrogens (primary N) is 1. The molecule has 1 heterocycles. The highest BCUT2D eigenvalue weighted by molar-refractivity contribution is 5.96. The minimum atomic E-state index is 0.254. The van der Waals surface area contributed by atoms with E-state index < -0.39 is 0 Å². The van der Waals surface area contributed by atoms with Crippen molar-refractivity contribution >= 4 is 23.6 Å². The first-order valence-electron chi connectivity index (χ1n) is 10.7. The summed E-state index contributed by atoms with van der Waals surface area (Å²) in [5.74, 6) is 0.254. The van der Waals surface area contributed by atoms with E-state index >= 15 is 0 Å². The minimum absolute atomic E-state index is 0.254. The van der Waals surface area contributed by atoms with Gasteiger partial charge in [-0.3, -0.25) is 14.6 Å². The number of benzene rings is 2. The van der Waals surface area contributed by atoms with E-state index in [1.54, 1.807) is 18.3 Å². The van der Waals surface area contributed by atoms with Gasteiger partial charge in [0.2, 0.25) is 6.41 Å². The summed E-state index contributed by atoms with van der Waals surface area (Å²) in [6, 6.07) is 18.9. The zero-order valence-corrected chi connectivity index (χ0v) is 18.1. The third-order valence-corrected chi connectivity index (χ3v) is 4.88. The molecule has 0 fully saturated rings. The average Bonchev–Trinajstić information content (AvgIpc) is 2.82. The van der Waals surface area contributed by atoms with Crippen molar-refractivity contribution in [1.82, 2.24) is 4.98 Å². The molecule has 3 aromatic rings. The van der Waals surface area contributed by atoms with Gasteiger partial charge in [-0.15, -0.1) is 0 Å². The van der Waals surface area contributed by atoms with Gasteiger partial charge in [-0.2, -0.15) is 0 Å². The van der Waals surface area contributed by atoms with Gasteiger partial charge in [-0.05, 0) is 35.7 Å². The quantitative estimate of drug-likeness (QED) is 0.180. The summed E-state index contributed by atoms with van der Waals surface area (Å²) in [7, 11) is 0. The van der Waals surface area contributed by atoms with E-state index in [0.29, 0.717) is 24.2 Å². The Bertz CT molecular complexity index is 925. The number of pyridine rings is 1. The Labute approximate surface area is 184 Å². The van der Waals surface area contributed by atoms with Gasteiger partial charge in [-0.25, -0.2) is 0 Å². The number of unbranched alkanes of at least 4 members (excludes halogenated alkanes) is 4. The van der Waals surface area contributed by atoms with Gasteiger partial charge in [0.05, 0.1) is 11.4 Å². The lowest BCUT2D eigenvalue weighted by Crippen LogP contribution is -1.98. The number of carbonyl (C=O) groups excluding carboxylic acids is 2. The van der Waals surface area contributed by atoms with Crippen molar-refractivity contribution in [2.24, 2.45) is 0 Å². The van der Waals surface area contributed by atoms with Crippen molar-refractivity contribution < 1.29 is 9.59 Å². The Balaban J connectivity index is 0.000000285. The zero-order valence-electron chi connectivity index (χ0n) is 18.1. The topological polar surface area (TPSA) is 85.1 Å². The smallest absolute Gasteiger partial charge is 0.211 e. The van der Waals surface area contributed by atoms with Gasteiger partial charge in [0.25, 0.3) is 0 Å². The number of aromatic nitrogens is 1. The fourth-order valence-electron chi connectivity index (χ4n) is 3.11. The number of hydrogen-bond donors (Lipinski definition) is 2. The Kier molecular flexibility index (Phi) is 10.5. The second-order valence-electron chi connectivity index (χ2n) is 7.26.